The molecule has 2 amide bonds. The van der Waals surface area contributed by atoms with Gasteiger partial charge in [-0.1, -0.05) is 41.9 Å². The Hall–Kier alpha value is -3.75. The molecule has 0 spiro atoms. The lowest BCUT2D eigenvalue weighted by Gasteiger charge is -2.28. The van der Waals surface area contributed by atoms with E-state index >= 15 is 0 Å². The van der Waals surface area contributed by atoms with Gasteiger partial charge in [-0.3, -0.25) is 24.5 Å². The first-order valence-electron chi connectivity index (χ1n) is 9.84. The van der Waals surface area contributed by atoms with Crippen molar-refractivity contribution in [2.75, 3.05) is 9.96 Å². The van der Waals surface area contributed by atoms with Crippen molar-refractivity contribution in [3.63, 3.8) is 0 Å². The minimum Gasteiger partial charge on any atom is -0.273 e. The van der Waals surface area contributed by atoms with Crippen LogP contribution in [0.2, 0.25) is 5.02 Å². The Labute approximate surface area is 187 Å². The van der Waals surface area contributed by atoms with Gasteiger partial charge in [0.05, 0.1) is 22.3 Å². The maximum atomic E-state index is 13.5. The Kier molecular flexibility index (Phi) is 4.88. The number of rotatable bonds is 4. The molecule has 2 heterocycles. The first kappa shape index (κ1) is 20.2. The predicted octanol–water partition coefficient (Wildman–Crippen LogP) is 4.30. The summed E-state index contributed by atoms with van der Waals surface area (Å²) in [6.45, 7) is 0. The number of imide groups is 1. The largest absolute Gasteiger partial charge is 0.273 e. The lowest BCUT2D eigenvalue weighted by Crippen LogP contribution is -2.37. The number of nitrogens with zero attached hydrogens (tertiary/aromatic N) is 3. The van der Waals surface area contributed by atoms with Crippen LogP contribution in [0.15, 0.2) is 78.9 Å². The number of para-hydroxylation sites is 1. The van der Waals surface area contributed by atoms with Gasteiger partial charge in [0.25, 0.3) is 11.6 Å². The molecular formula is C23H16ClN3O5. The van der Waals surface area contributed by atoms with Gasteiger partial charge in [-0.2, -0.15) is 0 Å². The molecule has 3 atom stereocenters. The number of hydrogen-bond acceptors (Lipinski definition) is 6. The Morgan fingerprint density at radius 1 is 0.875 bits per heavy atom. The highest BCUT2D eigenvalue weighted by Gasteiger charge is 2.60. The van der Waals surface area contributed by atoms with Crippen LogP contribution in [0.5, 0.6) is 0 Å². The summed E-state index contributed by atoms with van der Waals surface area (Å²) in [6, 6.07) is 21.0. The SMILES string of the molecule is O=C1[C@@H]2[C@@H](c3cccc(Cl)c3)N(c3ccccc3)O[C@H]2C(=O)N1c1ccc([N+](=O)[O-])cc1. The molecule has 32 heavy (non-hydrogen) atoms. The van der Waals surface area contributed by atoms with Crippen LogP contribution in [-0.2, 0) is 14.4 Å². The lowest BCUT2D eigenvalue weighted by atomic mass is 9.90. The number of nitro groups is 1. The number of benzene rings is 3. The van der Waals surface area contributed by atoms with Crippen LogP contribution < -0.4 is 9.96 Å². The highest BCUT2D eigenvalue weighted by molar-refractivity contribution is 6.30. The second-order valence-electron chi connectivity index (χ2n) is 7.50. The van der Waals surface area contributed by atoms with E-state index in [4.69, 9.17) is 16.4 Å². The first-order valence-corrected chi connectivity index (χ1v) is 10.2. The highest BCUT2D eigenvalue weighted by Crippen LogP contribution is 2.47. The normalized spacial score (nSPS) is 22.3. The molecule has 9 heteroatoms. The first-order chi connectivity index (χ1) is 15.5. The van der Waals surface area contributed by atoms with E-state index in [1.807, 2.05) is 36.4 Å². The van der Waals surface area contributed by atoms with E-state index in [9.17, 15) is 19.7 Å². The fraction of sp³-hybridized carbons (Fsp3) is 0.130. The Morgan fingerprint density at radius 2 is 1.59 bits per heavy atom. The number of carbonyl (C=O) groups is 2. The molecule has 0 N–H and O–H groups in total. The van der Waals surface area contributed by atoms with Gasteiger partial charge in [-0.05, 0) is 42.0 Å². The molecule has 0 radical (unpaired) electrons. The third-order valence-corrected chi connectivity index (χ3v) is 5.87. The average Bonchev–Trinajstić information content (AvgIpc) is 3.30. The number of anilines is 2. The van der Waals surface area contributed by atoms with Gasteiger partial charge in [0.2, 0.25) is 5.91 Å². The zero-order chi connectivity index (χ0) is 22.4. The van der Waals surface area contributed by atoms with Crippen LogP contribution in [-0.4, -0.2) is 22.8 Å². The number of fused-ring (bicyclic) bond motifs is 1. The molecule has 3 aromatic rings. The lowest BCUT2D eigenvalue weighted by molar-refractivity contribution is -0.384. The van der Waals surface area contributed by atoms with E-state index in [0.29, 0.717) is 10.7 Å². The van der Waals surface area contributed by atoms with Crippen molar-refractivity contribution in [1.29, 1.82) is 0 Å². The molecule has 2 aliphatic rings. The summed E-state index contributed by atoms with van der Waals surface area (Å²) in [5.41, 5.74) is 1.57. The van der Waals surface area contributed by atoms with Crippen LogP contribution in [0.1, 0.15) is 11.6 Å². The minimum absolute atomic E-state index is 0.128. The van der Waals surface area contributed by atoms with Crippen molar-refractivity contribution >= 4 is 40.5 Å². The van der Waals surface area contributed by atoms with Crippen molar-refractivity contribution in [3.8, 4) is 0 Å². The molecule has 3 aromatic carbocycles. The monoisotopic (exact) mass is 449 g/mol. The van der Waals surface area contributed by atoms with Crippen LogP contribution in [0, 0.1) is 16.0 Å². The van der Waals surface area contributed by atoms with E-state index in [0.717, 1.165) is 10.5 Å². The molecule has 2 saturated heterocycles. The van der Waals surface area contributed by atoms with Crippen molar-refractivity contribution in [1.82, 2.24) is 0 Å². The van der Waals surface area contributed by atoms with Gasteiger partial charge in [0, 0.05) is 17.2 Å². The quantitative estimate of drug-likeness (QED) is 0.335. The minimum atomic E-state index is -1.03. The number of non-ortho nitro benzene ring substituents is 1. The summed E-state index contributed by atoms with van der Waals surface area (Å²) in [7, 11) is 0. The van der Waals surface area contributed by atoms with Crippen molar-refractivity contribution in [3.05, 3.63) is 99.6 Å². The molecule has 0 unspecified atom stereocenters. The summed E-state index contributed by atoms with van der Waals surface area (Å²) in [5, 5.41) is 13.0. The van der Waals surface area contributed by atoms with Gasteiger partial charge in [-0.15, -0.1) is 0 Å². The molecule has 2 aliphatic heterocycles. The zero-order valence-corrected chi connectivity index (χ0v) is 17.3. The number of hydrogen-bond donors (Lipinski definition) is 0. The van der Waals surface area contributed by atoms with Crippen molar-refractivity contribution < 1.29 is 19.3 Å². The predicted molar refractivity (Wildman–Crippen MR) is 117 cm³/mol. The zero-order valence-electron chi connectivity index (χ0n) is 16.5. The molecule has 0 saturated carbocycles. The van der Waals surface area contributed by atoms with Crippen molar-refractivity contribution in [2.24, 2.45) is 5.92 Å². The maximum Gasteiger partial charge on any atom is 0.269 e. The molecule has 160 valence electrons. The molecule has 5 rings (SSSR count). The molecule has 0 aliphatic carbocycles. The Bertz CT molecular complexity index is 1220. The smallest absolute Gasteiger partial charge is 0.269 e. The summed E-state index contributed by atoms with van der Waals surface area (Å²) >= 11 is 6.21. The van der Waals surface area contributed by atoms with Crippen LogP contribution in [0.25, 0.3) is 0 Å². The number of carbonyl (C=O) groups excluding carboxylic acids is 2. The van der Waals surface area contributed by atoms with E-state index < -0.39 is 34.8 Å². The summed E-state index contributed by atoms with van der Waals surface area (Å²) < 4.78 is 0. The standard InChI is InChI=1S/C23H16ClN3O5/c24-15-6-4-5-14(13-15)20-19-21(32-26(20)17-7-2-1-3-8-17)23(29)25(22(19)28)16-9-11-18(12-10-16)27(30)31/h1-13,19-21H/t19-,20-,21-/m1/s1. The topological polar surface area (TPSA) is 93.0 Å². The summed E-state index contributed by atoms with van der Waals surface area (Å²) in [4.78, 5) is 44.2. The van der Waals surface area contributed by atoms with Gasteiger partial charge in [0.15, 0.2) is 6.10 Å². The van der Waals surface area contributed by atoms with Crippen LogP contribution in [0.3, 0.4) is 0 Å². The van der Waals surface area contributed by atoms with E-state index in [2.05, 4.69) is 0 Å². The highest BCUT2D eigenvalue weighted by atomic mass is 35.5. The average molecular weight is 450 g/mol. The van der Waals surface area contributed by atoms with Gasteiger partial charge < -0.3 is 0 Å². The summed E-state index contributed by atoms with van der Waals surface area (Å²) in [5.74, 6) is -1.76. The number of halogens is 1. The summed E-state index contributed by atoms with van der Waals surface area (Å²) in [6.07, 6.45) is -1.03. The fourth-order valence-electron chi connectivity index (χ4n) is 4.22. The second-order valence-corrected chi connectivity index (χ2v) is 7.93. The Morgan fingerprint density at radius 3 is 2.25 bits per heavy atom. The number of amides is 2. The molecule has 0 aromatic heterocycles. The molecular weight excluding hydrogens is 434 g/mol. The maximum absolute atomic E-state index is 13.5. The number of nitro benzene ring substituents is 1. The van der Waals surface area contributed by atoms with Crippen molar-refractivity contribution in [2.45, 2.75) is 12.1 Å². The van der Waals surface area contributed by atoms with E-state index in [1.54, 1.807) is 23.3 Å². The van der Waals surface area contributed by atoms with E-state index in [-0.39, 0.29) is 11.4 Å². The van der Waals surface area contributed by atoms with Gasteiger partial charge in [0.1, 0.15) is 5.92 Å². The molecule has 2 fully saturated rings. The fourth-order valence-corrected chi connectivity index (χ4v) is 4.42. The third kappa shape index (κ3) is 3.21. The van der Waals surface area contributed by atoms with Gasteiger partial charge in [-0.25, -0.2) is 9.96 Å². The second kappa shape index (κ2) is 7.74. The van der Waals surface area contributed by atoms with E-state index in [1.165, 1.54) is 24.3 Å². The molecule has 0 bridgehead atoms. The number of hydroxylamine groups is 1. The Balaban J connectivity index is 1.56. The van der Waals surface area contributed by atoms with Gasteiger partial charge >= 0.3 is 0 Å². The van der Waals surface area contributed by atoms with Crippen LogP contribution in [0.4, 0.5) is 17.1 Å². The van der Waals surface area contributed by atoms with Crippen LogP contribution >= 0.6 is 11.6 Å². The molecule has 8 nitrogen and oxygen atoms in total. The third-order valence-electron chi connectivity index (χ3n) is 5.64.